The van der Waals surface area contributed by atoms with E-state index in [4.69, 9.17) is 76.0 Å². The van der Waals surface area contributed by atoms with E-state index < -0.39 is 0 Å². The number of aromatic hydroxyl groups is 3. The number of halogens is 6. The fourth-order valence-corrected chi connectivity index (χ4v) is 9.82. The highest BCUT2D eigenvalue weighted by molar-refractivity contribution is 6.41. The van der Waals surface area contributed by atoms with E-state index in [0.717, 1.165) is 51.9 Å². The van der Waals surface area contributed by atoms with Gasteiger partial charge in [0.2, 0.25) is 0 Å². The number of phenols is 3. The van der Waals surface area contributed by atoms with E-state index in [2.05, 4.69) is 30.7 Å². The first-order chi connectivity index (χ1) is 31.9. The highest BCUT2D eigenvalue weighted by Gasteiger charge is 2.23. The lowest BCUT2D eigenvalue weighted by molar-refractivity contribution is 0.212. The Labute approximate surface area is 417 Å². The number of phenolic OH excluding ortho intramolecular Hbond substituents is 3. The van der Waals surface area contributed by atoms with Gasteiger partial charge in [-0.2, -0.15) is 0 Å². The average Bonchev–Trinajstić information content (AvgIpc) is 3.29. The molecule has 2 fully saturated rings. The second-order valence-electron chi connectivity index (χ2n) is 16.3. The quantitative estimate of drug-likeness (QED) is 0.118. The monoisotopic (exact) mass is 1040 g/mol. The van der Waals surface area contributed by atoms with Gasteiger partial charge in [-0.1, -0.05) is 88.4 Å². The lowest BCUT2D eigenvalue weighted by Gasteiger charge is -2.27. The van der Waals surface area contributed by atoms with Crippen LogP contribution in [-0.4, -0.2) is 98.4 Å². The van der Waals surface area contributed by atoms with Gasteiger partial charge >= 0.3 is 0 Å². The number of benzene rings is 3. The van der Waals surface area contributed by atoms with Crippen molar-refractivity contribution >= 4 is 102 Å². The fourth-order valence-electron chi connectivity index (χ4n) is 8.22. The van der Waals surface area contributed by atoms with Crippen molar-refractivity contribution in [2.45, 2.75) is 85.1 Å². The van der Waals surface area contributed by atoms with Crippen molar-refractivity contribution < 1.29 is 15.3 Å². The van der Waals surface area contributed by atoms with Crippen molar-refractivity contribution in [3.63, 3.8) is 0 Å². The number of terminal acetylenes is 1. The summed E-state index contributed by atoms with van der Waals surface area (Å²) in [5, 5.41) is 31.8. The van der Waals surface area contributed by atoms with Crippen molar-refractivity contribution in [1.29, 1.82) is 0 Å². The molecule has 2 aliphatic rings. The molecule has 358 valence electrons. The molecule has 5 heterocycles. The Hall–Kier alpha value is -4.34. The molecule has 3 aromatic heterocycles. The Morgan fingerprint density at radius 1 is 0.582 bits per heavy atom. The number of likely N-dealkylation sites (tertiary alicyclic amines) is 2. The van der Waals surface area contributed by atoms with E-state index in [1.807, 2.05) is 25.8 Å². The first-order valence-corrected chi connectivity index (χ1v) is 24.0. The van der Waals surface area contributed by atoms with Gasteiger partial charge in [-0.25, -0.2) is 15.0 Å². The van der Waals surface area contributed by atoms with Gasteiger partial charge < -0.3 is 15.3 Å². The molecule has 0 amide bonds. The smallest absolute Gasteiger partial charge is 0.263 e. The van der Waals surface area contributed by atoms with Gasteiger partial charge in [-0.15, -0.1) is 6.42 Å². The summed E-state index contributed by atoms with van der Waals surface area (Å²) in [6.45, 7) is 10.6. The second-order valence-corrected chi connectivity index (χ2v) is 18.8. The normalized spacial score (nSPS) is 14.5. The third-order valence-corrected chi connectivity index (χ3v) is 13.5. The minimum Gasteiger partial charge on any atom is -0.504 e. The van der Waals surface area contributed by atoms with Crippen molar-refractivity contribution in [1.82, 2.24) is 43.4 Å². The predicted octanol–water partition coefficient (Wildman–Crippen LogP) is 8.84. The summed E-state index contributed by atoms with van der Waals surface area (Å²) in [6, 6.07) is 4.09. The number of hydrogen-bond acceptors (Lipinski definition) is 12. The molecule has 3 N–H and O–H groups in total. The summed E-state index contributed by atoms with van der Waals surface area (Å²) in [5.41, 5.74) is -0.350. The molecule has 3 aromatic carbocycles. The molecular formula is C46H51Cl6N9O6. The van der Waals surface area contributed by atoms with Gasteiger partial charge in [0.25, 0.3) is 16.7 Å². The first-order valence-electron chi connectivity index (χ1n) is 21.8. The molecule has 67 heavy (non-hydrogen) atoms. The summed E-state index contributed by atoms with van der Waals surface area (Å²) in [7, 11) is 3.50. The third kappa shape index (κ3) is 11.4. The molecule has 0 spiro atoms. The molecule has 21 heteroatoms. The van der Waals surface area contributed by atoms with Crippen LogP contribution in [0, 0.1) is 12.3 Å². The van der Waals surface area contributed by atoms with Crippen LogP contribution >= 0.6 is 69.6 Å². The third-order valence-electron chi connectivity index (χ3n) is 11.7. The second kappa shape index (κ2) is 22.8. The average molecular weight is 1040 g/mol. The van der Waals surface area contributed by atoms with E-state index in [1.165, 1.54) is 40.2 Å². The zero-order valence-electron chi connectivity index (χ0n) is 37.5. The predicted molar refractivity (Wildman–Crippen MR) is 269 cm³/mol. The van der Waals surface area contributed by atoms with Crippen LogP contribution in [0.25, 0.3) is 32.7 Å². The maximum atomic E-state index is 12.8. The van der Waals surface area contributed by atoms with Crippen molar-refractivity contribution in [3.05, 3.63) is 96.9 Å². The zero-order chi connectivity index (χ0) is 48.9. The molecule has 0 unspecified atom stereocenters. The number of hydrogen-bond donors (Lipinski definition) is 3. The van der Waals surface area contributed by atoms with Crippen molar-refractivity contribution in [3.8, 4) is 29.6 Å². The minimum absolute atomic E-state index is 0.0570. The summed E-state index contributed by atoms with van der Waals surface area (Å²) >= 11 is 36.2. The Bertz CT molecular complexity index is 3050. The molecule has 0 aliphatic carbocycles. The number of aromatic nitrogens is 6. The van der Waals surface area contributed by atoms with Crippen LogP contribution in [0.4, 0.5) is 0 Å². The number of rotatable bonds is 9. The maximum absolute atomic E-state index is 12.8. The topological polar surface area (TPSA) is 175 Å². The van der Waals surface area contributed by atoms with Crippen molar-refractivity contribution in [2.24, 2.45) is 7.05 Å². The van der Waals surface area contributed by atoms with Gasteiger partial charge in [0.15, 0.2) is 17.2 Å². The molecule has 0 saturated carbocycles. The fraction of sp³-hybridized carbons (Fsp3) is 0.435. The summed E-state index contributed by atoms with van der Waals surface area (Å²) < 4.78 is 4.63. The molecule has 2 saturated heterocycles. The molecule has 0 bridgehead atoms. The Kier molecular flexibility index (Phi) is 17.7. The van der Waals surface area contributed by atoms with Gasteiger partial charge in [-0.3, -0.25) is 42.8 Å². The molecule has 0 atom stereocenters. The van der Waals surface area contributed by atoms with Crippen LogP contribution in [-0.2, 0) is 39.8 Å². The Morgan fingerprint density at radius 3 is 1.34 bits per heavy atom. The van der Waals surface area contributed by atoms with Gasteiger partial charge in [-0.05, 0) is 91.0 Å². The first kappa shape index (κ1) is 52.0. The van der Waals surface area contributed by atoms with Crippen LogP contribution in [0.2, 0.25) is 30.1 Å². The van der Waals surface area contributed by atoms with E-state index in [1.54, 1.807) is 11.6 Å². The van der Waals surface area contributed by atoms with Gasteiger partial charge in [0, 0.05) is 20.1 Å². The van der Waals surface area contributed by atoms with Gasteiger partial charge in [0.1, 0.15) is 34.0 Å². The number of piperidine rings is 2. The largest absolute Gasteiger partial charge is 0.504 e. The van der Waals surface area contributed by atoms with E-state index >= 15 is 0 Å². The van der Waals surface area contributed by atoms with E-state index in [0.29, 0.717) is 56.7 Å². The maximum Gasteiger partial charge on any atom is 0.263 e. The highest BCUT2D eigenvalue weighted by Crippen LogP contribution is 2.37. The van der Waals surface area contributed by atoms with Crippen LogP contribution in [0.3, 0.4) is 0 Å². The Balaban J connectivity index is 0.000000166. The number of nitrogens with zero attached hydrogens (tertiary/aromatic N) is 9. The van der Waals surface area contributed by atoms with E-state index in [-0.39, 0.29) is 96.8 Å². The summed E-state index contributed by atoms with van der Waals surface area (Å²) in [6.07, 6.45) is 12.4. The standard InChI is InChI=1S/C16H19Cl2N3O2.C15H17Cl2N3O2.C15H15Cl2N3O2/c1-2-21-12(9-20-6-4-3-5-7-20)19-14-13(16(21)23)10(17)8-11(18)15(14)22;1-19-11(8-20-5-3-2-4-6-20)18-13-12(15(19)22)9(16)7-10(17)14(13)21;1-4-6-19(3)8-11-18-13-12(15(22)20(11)5-2)9(16)7-10(17)14(13)21/h8,22H,2-7,9H2,1H3;7,21H,2-6,8H2,1H3;1,7,21H,5-6,8H2,2-3H3. The van der Waals surface area contributed by atoms with E-state index in [9.17, 15) is 29.7 Å². The molecule has 8 rings (SSSR count). The van der Waals surface area contributed by atoms with Gasteiger partial charge in [0.05, 0.1) is 72.5 Å². The minimum atomic E-state index is -0.312. The summed E-state index contributed by atoms with van der Waals surface area (Å²) in [5.74, 6) is 3.63. The summed E-state index contributed by atoms with van der Waals surface area (Å²) in [4.78, 5) is 57.7. The molecule has 2 aliphatic heterocycles. The van der Waals surface area contributed by atoms with Crippen LogP contribution in [0.5, 0.6) is 17.2 Å². The van der Waals surface area contributed by atoms with Crippen LogP contribution in [0.15, 0.2) is 32.6 Å². The lowest BCUT2D eigenvalue weighted by atomic mass is 10.1. The SMILES string of the molecule is C#CCN(C)Cc1nc2c(O)c(Cl)cc(Cl)c2c(=O)n1CC.CCn1c(CN2CCCCC2)nc2c(O)c(Cl)cc(Cl)c2c1=O.Cn1c(CN2CCCCC2)nc2c(O)c(Cl)cc(Cl)c2c1=O. The van der Waals surface area contributed by atoms with Crippen LogP contribution in [0.1, 0.15) is 69.8 Å². The molecular weight excluding hydrogens is 987 g/mol. The molecule has 0 radical (unpaired) electrons. The zero-order valence-corrected chi connectivity index (χ0v) is 42.0. The highest BCUT2D eigenvalue weighted by atomic mass is 35.5. The Morgan fingerprint density at radius 2 is 0.940 bits per heavy atom. The van der Waals surface area contributed by atoms with Crippen molar-refractivity contribution in [2.75, 3.05) is 39.8 Å². The number of fused-ring (bicyclic) bond motifs is 3. The molecule has 6 aromatic rings. The lowest BCUT2D eigenvalue weighted by Crippen LogP contribution is -2.33. The van der Waals surface area contributed by atoms with Crippen LogP contribution < -0.4 is 16.7 Å². The molecule has 15 nitrogen and oxygen atoms in total.